The summed E-state index contributed by atoms with van der Waals surface area (Å²) in [6.07, 6.45) is 15.5. The second kappa shape index (κ2) is 9.40. The average molecular weight is 432 g/mol. The number of benzene rings is 1. The van der Waals surface area contributed by atoms with E-state index in [1.54, 1.807) is 24.7 Å². The molecule has 0 saturated carbocycles. The summed E-state index contributed by atoms with van der Waals surface area (Å²) in [5.41, 5.74) is 4.30. The van der Waals surface area contributed by atoms with E-state index >= 15 is 0 Å². The Morgan fingerprint density at radius 3 is 2.50 bits per heavy atom. The van der Waals surface area contributed by atoms with Crippen molar-refractivity contribution in [1.29, 1.82) is 0 Å². The van der Waals surface area contributed by atoms with Gasteiger partial charge in [-0.3, -0.25) is 9.88 Å². The molecule has 5 rings (SSSR count). The fourth-order valence-corrected chi connectivity index (χ4v) is 4.15. The molecular weight excluding hydrogens is 405 g/mol. The molecule has 1 aliphatic carbocycles. The van der Waals surface area contributed by atoms with Crippen LogP contribution in [0.5, 0.6) is 0 Å². The Morgan fingerprint density at radius 2 is 1.78 bits per heavy atom. The van der Waals surface area contributed by atoms with Crippen molar-refractivity contribution in [2.75, 3.05) is 26.2 Å². The van der Waals surface area contributed by atoms with E-state index in [0.29, 0.717) is 0 Å². The number of ether oxygens (including phenoxy) is 2. The van der Waals surface area contributed by atoms with Gasteiger partial charge in [0.25, 0.3) is 0 Å². The SMILES string of the molecule is Fc1ccc(-c2cncc(CN3CCN(C4=COC(C5=CC=CCC5)=CO4)CC3)c2)cc1. The molecule has 1 aromatic heterocycles. The molecule has 6 heteroatoms. The van der Waals surface area contributed by atoms with Gasteiger partial charge < -0.3 is 14.4 Å². The molecule has 0 unspecified atom stereocenters. The first-order valence-electron chi connectivity index (χ1n) is 11.0. The summed E-state index contributed by atoms with van der Waals surface area (Å²) in [7, 11) is 0. The van der Waals surface area contributed by atoms with Crippen LogP contribution < -0.4 is 0 Å². The van der Waals surface area contributed by atoms with Gasteiger partial charge in [0, 0.05) is 50.7 Å². The first kappa shape index (κ1) is 20.5. The van der Waals surface area contributed by atoms with Crippen molar-refractivity contribution in [3.63, 3.8) is 0 Å². The summed E-state index contributed by atoms with van der Waals surface area (Å²) in [4.78, 5) is 9.01. The molecule has 0 spiro atoms. The monoisotopic (exact) mass is 431 g/mol. The van der Waals surface area contributed by atoms with Crippen molar-refractivity contribution in [1.82, 2.24) is 14.8 Å². The summed E-state index contributed by atoms with van der Waals surface area (Å²) >= 11 is 0. The molecule has 164 valence electrons. The van der Waals surface area contributed by atoms with E-state index in [2.05, 4.69) is 39.1 Å². The lowest BCUT2D eigenvalue weighted by atomic mass is 10.0. The zero-order valence-electron chi connectivity index (χ0n) is 17.9. The standard InChI is InChI=1S/C26H26FN3O2/c27-24-8-6-21(7-9-24)23-14-20(15-28-16-23)17-29-10-12-30(13-11-29)26-19-31-25(18-32-26)22-4-2-1-3-5-22/h1-2,4,6-9,14-16,18-19H,3,5,10-13,17H2. The third kappa shape index (κ3) is 4.75. The van der Waals surface area contributed by atoms with Crippen LogP contribution in [0, 0.1) is 5.82 Å². The second-order valence-corrected chi connectivity index (χ2v) is 8.18. The Balaban J connectivity index is 1.14. The van der Waals surface area contributed by atoms with Crippen LogP contribution in [-0.2, 0) is 16.0 Å². The highest BCUT2D eigenvalue weighted by molar-refractivity contribution is 5.62. The van der Waals surface area contributed by atoms with E-state index in [1.807, 2.05) is 12.4 Å². The van der Waals surface area contributed by atoms with E-state index in [-0.39, 0.29) is 5.82 Å². The second-order valence-electron chi connectivity index (χ2n) is 8.18. The zero-order chi connectivity index (χ0) is 21.8. The average Bonchev–Trinajstić information content (AvgIpc) is 2.86. The van der Waals surface area contributed by atoms with Crippen LogP contribution in [0.4, 0.5) is 4.39 Å². The molecular formula is C26H26FN3O2. The fourth-order valence-electron chi connectivity index (χ4n) is 4.15. The van der Waals surface area contributed by atoms with Crippen LogP contribution in [0.15, 0.2) is 90.7 Å². The number of allylic oxidation sites excluding steroid dienone is 4. The summed E-state index contributed by atoms with van der Waals surface area (Å²) in [5.74, 6) is 1.33. The molecule has 1 fully saturated rings. The summed E-state index contributed by atoms with van der Waals surface area (Å²) < 4.78 is 24.9. The minimum Gasteiger partial charge on any atom is -0.456 e. The number of aromatic nitrogens is 1. The van der Waals surface area contributed by atoms with E-state index in [0.717, 1.165) is 73.9 Å². The van der Waals surface area contributed by atoms with Crippen molar-refractivity contribution in [2.24, 2.45) is 0 Å². The molecule has 0 N–H and O–H groups in total. The van der Waals surface area contributed by atoms with E-state index < -0.39 is 0 Å². The van der Waals surface area contributed by atoms with Crippen LogP contribution in [0.25, 0.3) is 11.1 Å². The molecule has 0 amide bonds. The zero-order valence-corrected chi connectivity index (χ0v) is 17.9. The van der Waals surface area contributed by atoms with Crippen molar-refractivity contribution < 1.29 is 13.9 Å². The fraction of sp³-hybridized carbons (Fsp3) is 0.269. The van der Waals surface area contributed by atoms with E-state index in [1.165, 1.54) is 17.7 Å². The highest BCUT2D eigenvalue weighted by Gasteiger charge is 2.23. The maximum Gasteiger partial charge on any atom is 0.231 e. The van der Waals surface area contributed by atoms with Crippen LogP contribution in [-0.4, -0.2) is 41.0 Å². The third-order valence-electron chi connectivity index (χ3n) is 5.97. The Kier molecular flexibility index (Phi) is 6.03. The lowest BCUT2D eigenvalue weighted by Gasteiger charge is -2.36. The number of rotatable bonds is 5. The third-order valence-corrected chi connectivity index (χ3v) is 5.97. The number of nitrogens with zero attached hydrogens (tertiary/aromatic N) is 3. The minimum absolute atomic E-state index is 0.229. The molecule has 0 radical (unpaired) electrons. The van der Waals surface area contributed by atoms with E-state index in [9.17, 15) is 4.39 Å². The van der Waals surface area contributed by atoms with Gasteiger partial charge in [-0.1, -0.05) is 30.4 Å². The highest BCUT2D eigenvalue weighted by atomic mass is 19.1. The maximum absolute atomic E-state index is 13.2. The van der Waals surface area contributed by atoms with Gasteiger partial charge in [-0.15, -0.1) is 0 Å². The summed E-state index contributed by atoms with van der Waals surface area (Å²) in [6, 6.07) is 8.67. The smallest absolute Gasteiger partial charge is 0.231 e. The Hall–Kier alpha value is -3.38. The molecule has 1 saturated heterocycles. The molecule has 2 aromatic rings. The van der Waals surface area contributed by atoms with Gasteiger partial charge in [-0.25, -0.2) is 4.39 Å². The predicted molar refractivity (Wildman–Crippen MR) is 121 cm³/mol. The number of hydrogen-bond donors (Lipinski definition) is 0. The first-order valence-corrected chi connectivity index (χ1v) is 11.0. The van der Waals surface area contributed by atoms with Crippen molar-refractivity contribution in [3.05, 3.63) is 102 Å². The lowest BCUT2D eigenvalue weighted by molar-refractivity contribution is 0.0817. The van der Waals surface area contributed by atoms with Crippen molar-refractivity contribution >= 4 is 0 Å². The molecule has 0 bridgehead atoms. The number of halogens is 1. The summed E-state index contributed by atoms with van der Waals surface area (Å²) in [5, 5.41) is 0. The predicted octanol–water partition coefficient (Wildman–Crippen LogP) is 4.97. The molecule has 2 aliphatic heterocycles. The topological polar surface area (TPSA) is 37.8 Å². The molecule has 1 aromatic carbocycles. The first-order chi connectivity index (χ1) is 15.7. The van der Waals surface area contributed by atoms with Crippen molar-refractivity contribution in [2.45, 2.75) is 19.4 Å². The van der Waals surface area contributed by atoms with Gasteiger partial charge in [0.2, 0.25) is 5.88 Å². The van der Waals surface area contributed by atoms with Gasteiger partial charge in [0.15, 0.2) is 12.0 Å². The van der Waals surface area contributed by atoms with Crippen LogP contribution >= 0.6 is 0 Å². The minimum atomic E-state index is -0.229. The summed E-state index contributed by atoms with van der Waals surface area (Å²) in [6.45, 7) is 4.42. The molecule has 0 atom stereocenters. The maximum atomic E-state index is 13.2. The van der Waals surface area contributed by atoms with Crippen molar-refractivity contribution in [3.8, 4) is 11.1 Å². The molecule has 3 aliphatic rings. The Morgan fingerprint density at radius 1 is 0.938 bits per heavy atom. The number of piperazine rings is 1. The molecule has 3 heterocycles. The Bertz CT molecular complexity index is 1080. The normalized spacial score (nSPS) is 18.9. The van der Waals surface area contributed by atoms with Gasteiger partial charge >= 0.3 is 0 Å². The number of pyridine rings is 1. The van der Waals surface area contributed by atoms with Gasteiger partial charge in [-0.2, -0.15) is 0 Å². The molecule has 32 heavy (non-hydrogen) atoms. The largest absolute Gasteiger partial charge is 0.456 e. The number of hydrogen-bond acceptors (Lipinski definition) is 5. The van der Waals surface area contributed by atoms with Crippen LogP contribution in [0.3, 0.4) is 0 Å². The lowest BCUT2D eigenvalue weighted by Crippen LogP contribution is -2.45. The van der Waals surface area contributed by atoms with Gasteiger partial charge in [-0.05, 0) is 47.7 Å². The van der Waals surface area contributed by atoms with Crippen LogP contribution in [0.2, 0.25) is 0 Å². The highest BCUT2D eigenvalue weighted by Crippen LogP contribution is 2.27. The molecule has 5 nitrogen and oxygen atoms in total. The van der Waals surface area contributed by atoms with Gasteiger partial charge in [0.05, 0.1) is 0 Å². The Labute approximate surface area is 187 Å². The van der Waals surface area contributed by atoms with Gasteiger partial charge in [0.1, 0.15) is 12.1 Å². The quantitative estimate of drug-likeness (QED) is 0.668. The van der Waals surface area contributed by atoms with E-state index in [4.69, 9.17) is 9.47 Å². The van der Waals surface area contributed by atoms with Crippen LogP contribution in [0.1, 0.15) is 18.4 Å².